The zero-order valence-corrected chi connectivity index (χ0v) is 18.0. The standard InChI is InChI=1S/C27H23ClNO2/c1-2-31-27(30)26-18-23(21-9-5-3-6-10-21)17-25(22-11-7-4-8-12-22)29(26)19-20-13-15-24(28)16-14-20/h3-18H,2,19H2,1H3/q+1. The van der Waals surface area contributed by atoms with Gasteiger partial charge in [-0.3, -0.25) is 0 Å². The van der Waals surface area contributed by atoms with E-state index in [1.807, 2.05) is 90.4 Å². The number of benzene rings is 3. The molecule has 3 aromatic carbocycles. The molecule has 0 aliphatic carbocycles. The summed E-state index contributed by atoms with van der Waals surface area (Å²) in [5.41, 5.74) is 5.54. The fourth-order valence-corrected chi connectivity index (χ4v) is 3.71. The van der Waals surface area contributed by atoms with Crippen molar-refractivity contribution < 1.29 is 14.1 Å². The molecule has 0 bridgehead atoms. The highest BCUT2D eigenvalue weighted by Gasteiger charge is 2.27. The van der Waals surface area contributed by atoms with Crippen molar-refractivity contribution in [1.29, 1.82) is 0 Å². The number of aromatic nitrogens is 1. The van der Waals surface area contributed by atoms with E-state index < -0.39 is 0 Å². The van der Waals surface area contributed by atoms with Crippen LogP contribution >= 0.6 is 11.6 Å². The summed E-state index contributed by atoms with van der Waals surface area (Å²) in [5, 5.41) is 0.682. The number of halogens is 1. The largest absolute Gasteiger partial charge is 0.458 e. The maximum atomic E-state index is 13.0. The Kier molecular flexibility index (Phi) is 6.44. The van der Waals surface area contributed by atoms with Crippen molar-refractivity contribution in [2.75, 3.05) is 6.61 Å². The second-order valence-electron chi connectivity index (χ2n) is 7.18. The predicted molar refractivity (Wildman–Crippen MR) is 124 cm³/mol. The number of ether oxygens (including phenoxy) is 1. The summed E-state index contributed by atoms with van der Waals surface area (Å²) in [6.07, 6.45) is 0. The molecule has 0 amide bonds. The van der Waals surface area contributed by atoms with Crippen molar-refractivity contribution in [3.63, 3.8) is 0 Å². The molecule has 0 aliphatic rings. The molecule has 0 radical (unpaired) electrons. The van der Waals surface area contributed by atoms with Gasteiger partial charge < -0.3 is 4.74 Å². The van der Waals surface area contributed by atoms with Gasteiger partial charge >= 0.3 is 5.97 Å². The summed E-state index contributed by atoms with van der Waals surface area (Å²) in [4.78, 5) is 13.0. The molecular weight excluding hydrogens is 406 g/mol. The molecule has 0 unspecified atom stereocenters. The van der Waals surface area contributed by atoms with Crippen molar-refractivity contribution in [2.45, 2.75) is 13.5 Å². The number of carbonyl (C=O) groups is 1. The van der Waals surface area contributed by atoms with Crippen LogP contribution < -0.4 is 4.57 Å². The predicted octanol–water partition coefficient (Wildman–Crippen LogP) is 6.19. The average molecular weight is 429 g/mol. The van der Waals surface area contributed by atoms with E-state index in [1.165, 1.54) is 0 Å². The van der Waals surface area contributed by atoms with Crippen LogP contribution in [0.25, 0.3) is 22.4 Å². The second kappa shape index (κ2) is 9.59. The molecule has 0 spiro atoms. The highest BCUT2D eigenvalue weighted by atomic mass is 35.5. The van der Waals surface area contributed by atoms with Gasteiger partial charge in [0.1, 0.15) is 0 Å². The van der Waals surface area contributed by atoms with E-state index in [1.54, 1.807) is 0 Å². The minimum atomic E-state index is -0.341. The van der Waals surface area contributed by atoms with Crippen molar-refractivity contribution >= 4 is 17.6 Å². The molecule has 0 saturated carbocycles. The summed E-state index contributed by atoms with van der Waals surface area (Å²) in [6.45, 7) is 2.65. The molecular formula is C27H23ClNO2+. The summed E-state index contributed by atoms with van der Waals surface area (Å²) < 4.78 is 7.44. The molecule has 1 heterocycles. The Hall–Kier alpha value is -3.43. The monoisotopic (exact) mass is 428 g/mol. The summed E-state index contributed by atoms with van der Waals surface area (Å²) in [5.74, 6) is -0.341. The maximum absolute atomic E-state index is 13.0. The second-order valence-corrected chi connectivity index (χ2v) is 7.62. The Labute approximate surface area is 187 Å². The molecule has 4 rings (SSSR count). The van der Waals surface area contributed by atoms with Crippen molar-refractivity contribution in [3.05, 3.63) is 113 Å². The lowest BCUT2D eigenvalue weighted by Gasteiger charge is -2.12. The normalized spacial score (nSPS) is 10.6. The van der Waals surface area contributed by atoms with Gasteiger partial charge in [-0.15, -0.1) is 0 Å². The molecule has 0 atom stereocenters. The Bertz CT molecular complexity index is 1170. The number of nitrogens with zero attached hydrogens (tertiary/aromatic N) is 1. The van der Waals surface area contributed by atoms with E-state index in [0.717, 1.165) is 27.9 Å². The first-order chi connectivity index (χ1) is 15.2. The minimum absolute atomic E-state index is 0.315. The fourth-order valence-electron chi connectivity index (χ4n) is 3.58. The number of pyridine rings is 1. The lowest BCUT2D eigenvalue weighted by molar-refractivity contribution is -0.679. The van der Waals surface area contributed by atoms with Gasteiger partial charge in [-0.05, 0) is 42.3 Å². The van der Waals surface area contributed by atoms with E-state index in [-0.39, 0.29) is 5.97 Å². The van der Waals surface area contributed by atoms with E-state index in [0.29, 0.717) is 23.9 Å². The van der Waals surface area contributed by atoms with Gasteiger partial charge in [-0.25, -0.2) is 4.79 Å². The van der Waals surface area contributed by atoms with Crippen LogP contribution in [0.2, 0.25) is 5.02 Å². The van der Waals surface area contributed by atoms with Gasteiger partial charge in [0.05, 0.1) is 6.61 Å². The number of esters is 1. The van der Waals surface area contributed by atoms with E-state index in [9.17, 15) is 4.79 Å². The molecule has 0 aliphatic heterocycles. The molecule has 4 heteroatoms. The van der Waals surface area contributed by atoms with Crippen LogP contribution in [0.1, 0.15) is 23.0 Å². The Morgan fingerprint density at radius 2 is 1.42 bits per heavy atom. The zero-order chi connectivity index (χ0) is 21.6. The zero-order valence-electron chi connectivity index (χ0n) is 17.3. The van der Waals surface area contributed by atoms with Crippen LogP contribution in [0.5, 0.6) is 0 Å². The lowest BCUT2D eigenvalue weighted by Crippen LogP contribution is -2.43. The minimum Gasteiger partial charge on any atom is -0.458 e. The van der Waals surface area contributed by atoms with Crippen LogP contribution in [0.3, 0.4) is 0 Å². The maximum Gasteiger partial charge on any atom is 0.403 e. The third-order valence-corrected chi connectivity index (χ3v) is 5.33. The van der Waals surface area contributed by atoms with Gasteiger partial charge in [-0.1, -0.05) is 72.3 Å². The van der Waals surface area contributed by atoms with Crippen LogP contribution in [0.15, 0.2) is 97.1 Å². The first kappa shape index (κ1) is 20.8. The van der Waals surface area contributed by atoms with Crippen LogP contribution in [0, 0.1) is 0 Å². The summed E-state index contributed by atoms with van der Waals surface area (Å²) in [7, 11) is 0. The van der Waals surface area contributed by atoms with Gasteiger partial charge in [0.2, 0.25) is 5.69 Å². The van der Waals surface area contributed by atoms with Gasteiger partial charge in [0, 0.05) is 28.3 Å². The van der Waals surface area contributed by atoms with E-state index in [4.69, 9.17) is 16.3 Å². The first-order valence-electron chi connectivity index (χ1n) is 10.3. The van der Waals surface area contributed by atoms with Crippen molar-refractivity contribution in [3.8, 4) is 22.4 Å². The summed E-state index contributed by atoms with van der Waals surface area (Å²) >= 11 is 6.07. The SMILES string of the molecule is CCOC(=O)c1cc(-c2ccccc2)cc(-c2ccccc2)[n+]1Cc1ccc(Cl)cc1. The molecule has 4 aromatic rings. The number of hydrogen-bond donors (Lipinski definition) is 0. The van der Waals surface area contributed by atoms with Crippen LogP contribution in [0.4, 0.5) is 0 Å². The number of rotatable bonds is 6. The van der Waals surface area contributed by atoms with Gasteiger partial charge in [-0.2, -0.15) is 4.57 Å². The molecule has 31 heavy (non-hydrogen) atoms. The number of hydrogen-bond acceptors (Lipinski definition) is 2. The fraction of sp³-hybridized carbons (Fsp3) is 0.111. The Balaban J connectivity index is 1.94. The summed E-state index contributed by atoms with van der Waals surface area (Å²) in [6, 6.07) is 31.9. The van der Waals surface area contributed by atoms with Crippen LogP contribution in [-0.2, 0) is 11.3 Å². The van der Waals surface area contributed by atoms with Crippen LogP contribution in [-0.4, -0.2) is 12.6 Å². The Morgan fingerprint density at radius 3 is 2.03 bits per heavy atom. The molecule has 154 valence electrons. The van der Waals surface area contributed by atoms with Gasteiger partial charge in [0.15, 0.2) is 6.54 Å². The third kappa shape index (κ3) is 4.84. The average Bonchev–Trinajstić information content (AvgIpc) is 2.82. The van der Waals surface area contributed by atoms with E-state index in [2.05, 4.69) is 18.2 Å². The lowest BCUT2D eigenvalue weighted by atomic mass is 10.0. The number of carbonyl (C=O) groups excluding carboxylic acids is 1. The van der Waals surface area contributed by atoms with Gasteiger partial charge in [0.25, 0.3) is 5.69 Å². The molecule has 3 nitrogen and oxygen atoms in total. The molecule has 0 saturated heterocycles. The molecule has 0 fully saturated rings. The smallest absolute Gasteiger partial charge is 0.403 e. The highest BCUT2D eigenvalue weighted by molar-refractivity contribution is 6.30. The van der Waals surface area contributed by atoms with E-state index >= 15 is 0 Å². The van der Waals surface area contributed by atoms with Crippen molar-refractivity contribution in [2.24, 2.45) is 0 Å². The Morgan fingerprint density at radius 1 is 0.806 bits per heavy atom. The third-order valence-electron chi connectivity index (χ3n) is 5.08. The quantitative estimate of drug-likeness (QED) is 0.271. The highest BCUT2D eigenvalue weighted by Crippen LogP contribution is 2.26. The topological polar surface area (TPSA) is 30.2 Å². The molecule has 0 N–H and O–H groups in total. The van der Waals surface area contributed by atoms with Crippen molar-refractivity contribution in [1.82, 2.24) is 0 Å². The first-order valence-corrected chi connectivity index (χ1v) is 10.6. The molecule has 1 aromatic heterocycles.